The number of rotatable bonds is 5. The van der Waals surface area contributed by atoms with E-state index in [4.69, 9.17) is 0 Å². The summed E-state index contributed by atoms with van der Waals surface area (Å²) in [5.41, 5.74) is 1.84. The third-order valence-electron chi connectivity index (χ3n) is 2.94. The molecule has 0 unspecified atom stereocenters. The predicted octanol–water partition coefficient (Wildman–Crippen LogP) is 4.30. The molecule has 0 bridgehead atoms. The van der Waals surface area contributed by atoms with E-state index in [9.17, 15) is 4.79 Å². The molecule has 0 saturated carbocycles. The second kappa shape index (κ2) is 6.71. The largest absolute Gasteiger partial charge is 0.351 e. The minimum Gasteiger partial charge on any atom is -0.351 e. The van der Waals surface area contributed by atoms with Crippen LogP contribution in [0.5, 0.6) is 0 Å². The van der Waals surface area contributed by atoms with Crippen molar-refractivity contribution >= 4 is 37.8 Å². The Morgan fingerprint density at radius 3 is 2.67 bits per heavy atom. The van der Waals surface area contributed by atoms with E-state index in [1.54, 1.807) is 0 Å². The van der Waals surface area contributed by atoms with Crippen LogP contribution in [0, 0.1) is 12.3 Å². The lowest BCUT2D eigenvalue weighted by Gasteiger charge is -2.24. The number of carbonyl (C=O) groups is 1. The number of benzene rings is 1. The van der Waals surface area contributed by atoms with Crippen LogP contribution in [0.15, 0.2) is 22.7 Å². The topological polar surface area (TPSA) is 29.1 Å². The van der Waals surface area contributed by atoms with Crippen molar-refractivity contribution < 1.29 is 4.79 Å². The van der Waals surface area contributed by atoms with E-state index < -0.39 is 0 Å². The van der Waals surface area contributed by atoms with E-state index in [0.29, 0.717) is 6.54 Å². The van der Waals surface area contributed by atoms with Gasteiger partial charge in [-0.25, -0.2) is 0 Å². The highest BCUT2D eigenvalue weighted by Crippen LogP contribution is 2.21. The Hall–Kier alpha value is -0.350. The SMILES string of the molecule is Cc1ccc(Br)cc1C(=O)NCC(C)(C)CCBr. The third-order valence-corrected chi connectivity index (χ3v) is 3.83. The molecule has 1 rings (SSSR count). The maximum Gasteiger partial charge on any atom is 0.251 e. The molecule has 0 saturated heterocycles. The number of carbonyl (C=O) groups excluding carboxylic acids is 1. The maximum atomic E-state index is 12.1. The van der Waals surface area contributed by atoms with Crippen molar-refractivity contribution in [2.24, 2.45) is 5.41 Å². The fraction of sp³-hybridized carbons (Fsp3) is 0.500. The number of alkyl halides is 1. The zero-order chi connectivity index (χ0) is 13.8. The smallest absolute Gasteiger partial charge is 0.251 e. The van der Waals surface area contributed by atoms with Crippen molar-refractivity contribution in [2.45, 2.75) is 27.2 Å². The van der Waals surface area contributed by atoms with Crippen molar-refractivity contribution in [2.75, 3.05) is 11.9 Å². The quantitative estimate of drug-likeness (QED) is 0.762. The van der Waals surface area contributed by atoms with Crippen LogP contribution in [0.25, 0.3) is 0 Å². The molecule has 0 spiro atoms. The summed E-state index contributed by atoms with van der Waals surface area (Å²) in [4.78, 5) is 12.1. The molecule has 1 aromatic carbocycles. The molecule has 0 fully saturated rings. The van der Waals surface area contributed by atoms with E-state index in [2.05, 4.69) is 51.0 Å². The highest BCUT2D eigenvalue weighted by molar-refractivity contribution is 9.10. The zero-order valence-electron chi connectivity index (χ0n) is 11.0. The number of hydrogen-bond donors (Lipinski definition) is 1. The zero-order valence-corrected chi connectivity index (χ0v) is 14.2. The second-order valence-electron chi connectivity index (χ2n) is 5.25. The van der Waals surface area contributed by atoms with Gasteiger partial charge in [-0.1, -0.05) is 51.8 Å². The fourth-order valence-corrected chi connectivity index (χ4v) is 3.03. The van der Waals surface area contributed by atoms with E-state index in [0.717, 1.165) is 27.4 Å². The van der Waals surface area contributed by atoms with Crippen molar-refractivity contribution in [3.05, 3.63) is 33.8 Å². The van der Waals surface area contributed by atoms with Crippen LogP contribution >= 0.6 is 31.9 Å². The molecule has 0 aromatic heterocycles. The van der Waals surface area contributed by atoms with Crippen LogP contribution in [0.2, 0.25) is 0 Å². The van der Waals surface area contributed by atoms with Crippen LogP contribution in [0.1, 0.15) is 36.2 Å². The number of aryl methyl sites for hydroxylation is 1. The van der Waals surface area contributed by atoms with Gasteiger partial charge in [-0.05, 0) is 36.5 Å². The van der Waals surface area contributed by atoms with Crippen LogP contribution in [-0.4, -0.2) is 17.8 Å². The predicted molar refractivity (Wildman–Crippen MR) is 83.4 cm³/mol. The van der Waals surface area contributed by atoms with Crippen molar-refractivity contribution in [1.82, 2.24) is 5.32 Å². The third kappa shape index (κ3) is 4.73. The summed E-state index contributed by atoms with van der Waals surface area (Å²) >= 11 is 6.83. The van der Waals surface area contributed by atoms with Gasteiger partial charge in [0, 0.05) is 21.9 Å². The Kier molecular flexibility index (Phi) is 5.86. The Morgan fingerprint density at radius 1 is 1.39 bits per heavy atom. The number of halogens is 2. The average Bonchev–Trinajstić information content (AvgIpc) is 2.29. The van der Waals surface area contributed by atoms with E-state index in [-0.39, 0.29) is 11.3 Å². The summed E-state index contributed by atoms with van der Waals surface area (Å²) in [5, 5.41) is 3.96. The molecule has 0 aliphatic carbocycles. The molecule has 2 nitrogen and oxygen atoms in total. The molecule has 100 valence electrons. The second-order valence-corrected chi connectivity index (χ2v) is 6.95. The Labute approximate surface area is 126 Å². The molecule has 0 aliphatic rings. The summed E-state index contributed by atoms with van der Waals surface area (Å²) in [7, 11) is 0. The first kappa shape index (κ1) is 15.7. The Morgan fingerprint density at radius 2 is 2.06 bits per heavy atom. The van der Waals surface area contributed by atoms with Gasteiger partial charge in [0.2, 0.25) is 0 Å². The summed E-state index contributed by atoms with van der Waals surface area (Å²) in [5.74, 6) is -0.00329. The Bertz CT molecular complexity index is 430. The lowest BCUT2D eigenvalue weighted by molar-refractivity contribution is 0.0935. The maximum absolute atomic E-state index is 12.1. The van der Waals surface area contributed by atoms with Crippen LogP contribution in [0.3, 0.4) is 0 Å². The fourth-order valence-electron chi connectivity index (χ4n) is 1.60. The van der Waals surface area contributed by atoms with Gasteiger partial charge in [0.05, 0.1) is 0 Å². The molecule has 0 atom stereocenters. The lowest BCUT2D eigenvalue weighted by Crippen LogP contribution is -2.34. The average molecular weight is 377 g/mol. The molecular weight excluding hydrogens is 358 g/mol. The van der Waals surface area contributed by atoms with E-state index >= 15 is 0 Å². The minimum atomic E-state index is -0.00329. The van der Waals surface area contributed by atoms with Gasteiger partial charge >= 0.3 is 0 Å². The normalized spacial score (nSPS) is 11.4. The summed E-state index contributed by atoms with van der Waals surface area (Å²) in [6.45, 7) is 6.94. The lowest BCUT2D eigenvalue weighted by atomic mass is 9.90. The molecule has 1 aromatic rings. The molecule has 0 radical (unpaired) electrons. The minimum absolute atomic E-state index is 0.00329. The van der Waals surface area contributed by atoms with Gasteiger partial charge in [-0.15, -0.1) is 0 Å². The number of nitrogens with one attached hydrogen (secondary N) is 1. The molecule has 18 heavy (non-hydrogen) atoms. The van der Waals surface area contributed by atoms with Crippen LogP contribution < -0.4 is 5.32 Å². The van der Waals surface area contributed by atoms with Gasteiger partial charge in [-0.2, -0.15) is 0 Å². The first-order valence-corrected chi connectivity index (χ1v) is 7.87. The summed E-state index contributed by atoms with van der Waals surface area (Å²) in [6.07, 6.45) is 1.03. The molecule has 0 heterocycles. The molecule has 0 aliphatic heterocycles. The molecule has 1 amide bonds. The number of hydrogen-bond acceptors (Lipinski definition) is 1. The van der Waals surface area contributed by atoms with Gasteiger partial charge in [-0.3, -0.25) is 4.79 Å². The molecular formula is C14H19Br2NO. The van der Waals surface area contributed by atoms with Crippen LogP contribution in [0.4, 0.5) is 0 Å². The van der Waals surface area contributed by atoms with Gasteiger partial charge < -0.3 is 5.32 Å². The van der Waals surface area contributed by atoms with Gasteiger partial charge in [0.1, 0.15) is 0 Å². The first-order chi connectivity index (χ1) is 8.35. The van der Waals surface area contributed by atoms with Crippen LogP contribution in [-0.2, 0) is 0 Å². The molecule has 4 heteroatoms. The van der Waals surface area contributed by atoms with Crippen molar-refractivity contribution in [3.63, 3.8) is 0 Å². The van der Waals surface area contributed by atoms with Crippen molar-refractivity contribution in [3.8, 4) is 0 Å². The van der Waals surface area contributed by atoms with Gasteiger partial charge in [0.25, 0.3) is 5.91 Å². The van der Waals surface area contributed by atoms with E-state index in [1.165, 1.54) is 0 Å². The van der Waals surface area contributed by atoms with E-state index in [1.807, 2.05) is 25.1 Å². The first-order valence-electron chi connectivity index (χ1n) is 5.96. The Balaban J connectivity index is 2.69. The summed E-state index contributed by atoms with van der Waals surface area (Å²) < 4.78 is 0.929. The highest BCUT2D eigenvalue weighted by Gasteiger charge is 2.19. The van der Waals surface area contributed by atoms with Gasteiger partial charge in [0.15, 0.2) is 0 Å². The van der Waals surface area contributed by atoms with Crippen molar-refractivity contribution in [1.29, 1.82) is 0 Å². The standard InChI is InChI=1S/C14H19Br2NO/c1-10-4-5-11(16)8-12(10)13(18)17-9-14(2,3)6-7-15/h4-5,8H,6-7,9H2,1-3H3,(H,17,18). The molecule has 1 N–H and O–H groups in total. The summed E-state index contributed by atoms with van der Waals surface area (Å²) in [6, 6.07) is 5.76. The monoisotopic (exact) mass is 375 g/mol. The highest BCUT2D eigenvalue weighted by atomic mass is 79.9. The number of amides is 1.